The maximum atomic E-state index is 6.51. The fourth-order valence-corrected chi connectivity index (χ4v) is 5.24. The first-order chi connectivity index (χ1) is 9.54. The monoisotopic (exact) mass is 288 g/mol. The summed E-state index contributed by atoms with van der Waals surface area (Å²) in [7, 11) is -1.63. The minimum Gasteiger partial charge on any atom is -0.410 e. The number of hydrogen-bond donors (Lipinski definition) is 0. The van der Waals surface area contributed by atoms with E-state index < -0.39 is 8.32 Å². The summed E-state index contributed by atoms with van der Waals surface area (Å²) in [6, 6.07) is 10.7. The van der Waals surface area contributed by atoms with Crippen molar-refractivity contribution in [3.63, 3.8) is 0 Å². The zero-order chi connectivity index (χ0) is 14.6. The third-order valence-electron chi connectivity index (χ3n) is 4.60. The molecule has 1 aliphatic heterocycles. The molecule has 110 valence electrons. The first kappa shape index (κ1) is 15.5. The minimum atomic E-state index is -1.63. The van der Waals surface area contributed by atoms with E-state index in [1.165, 1.54) is 24.8 Å². The summed E-state index contributed by atoms with van der Waals surface area (Å²) < 4.78 is 6.51. The molecule has 0 spiro atoms. The average Bonchev–Trinajstić information content (AvgIpc) is 2.44. The van der Waals surface area contributed by atoms with Crippen molar-refractivity contribution in [3.05, 3.63) is 47.5 Å². The zero-order valence-corrected chi connectivity index (χ0v) is 14.4. The number of rotatable bonds is 4. The number of unbranched alkanes of at least 4 members (excludes halogenated alkanes) is 2. The van der Waals surface area contributed by atoms with Gasteiger partial charge in [-0.2, -0.15) is 0 Å². The van der Waals surface area contributed by atoms with Gasteiger partial charge in [0.15, 0.2) is 8.32 Å². The molecule has 0 bridgehead atoms. The molecule has 1 heterocycles. The van der Waals surface area contributed by atoms with Crippen LogP contribution in [-0.4, -0.2) is 8.32 Å². The molecule has 1 aliphatic rings. The second-order valence-electron chi connectivity index (χ2n) is 6.47. The van der Waals surface area contributed by atoms with Crippen LogP contribution in [0.2, 0.25) is 18.6 Å². The van der Waals surface area contributed by atoms with Crippen LogP contribution >= 0.6 is 0 Å². The van der Waals surface area contributed by atoms with Gasteiger partial charge in [0.1, 0.15) is 0 Å². The van der Waals surface area contributed by atoms with E-state index >= 15 is 0 Å². The van der Waals surface area contributed by atoms with Gasteiger partial charge in [-0.15, -0.1) is 0 Å². The smallest absolute Gasteiger partial charge is 0.194 e. The van der Waals surface area contributed by atoms with Gasteiger partial charge >= 0.3 is 0 Å². The Bertz CT molecular complexity index is 450. The second kappa shape index (κ2) is 6.73. The van der Waals surface area contributed by atoms with Crippen LogP contribution in [0.1, 0.15) is 51.2 Å². The molecule has 2 heteroatoms. The predicted octanol–water partition coefficient (Wildman–Crippen LogP) is 5.86. The molecule has 0 N–H and O–H groups in total. The molecule has 0 saturated carbocycles. The molecule has 2 unspecified atom stereocenters. The molecule has 0 aliphatic carbocycles. The highest BCUT2D eigenvalue weighted by Crippen LogP contribution is 2.44. The second-order valence-corrected chi connectivity index (χ2v) is 10.8. The molecule has 1 fully saturated rings. The summed E-state index contributed by atoms with van der Waals surface area (Å²) in [6.45, 7) is 9.35. The van der Waals surface area contributed by atoms with Gasteiger partial charge in [0, 0.05) is 0 Å². The Morgan fingerprint density at radius 1 is 1.25 bits per heavy atom. The third-order valence-corrected chi connectivity index (χ3v) is 7.95. The largest absolute Gasteiger partial charge is 0.410 e. The van der Waals surface area contributed by atoms with Crippen LogP contribution < -0.4 is 0 Å². The first-order valence-electron chi connectivity index (χ1n) is 7.96. The van der Waals surface area contributed by atoms with E-state index in [0.29, 0.717) is 5.54 Å². The lowest BCUT2D eigenvalue weighted by atomic mass is 9.98. The highest BCUT2D eigenvalue weighted by Gasteiger charge is 2.40. The number of allylic oxidation sites excluding steroid dienone is 1. The molecule has 2 rings (SSSR count). The topological polar surface area (TPSA) is 9.23 Å². The van der Waals surface area contributed by atoms with Crippen LogP contribution in [0.3, 0.4) is 0 Å². The molecule has 1 aromatic rings. The van der Waals surface area contributed by atoms with Crippen molar-refractivity contribution in [2.24, 2.45) is 0 Å². The van der Waals surface area contributed by atoms with Crippen molar-refractivity contribution in [2.75, 3.05) is 0 Å². The van der Waals surface area contributed by atoms with Crippen molar-refractivity contribution in [1.29, 1.82) is 0 Å². The molecular weight excluding hydrogens is 260 g/mol. The molecule has 1 saturated heterocycles. The Balaban J connectivity index is 2.19. The Kier molecular flexibility index (Phi) is 5.22. The summed E-state index contributed by atoms with van der Waals surface area (Å²) in [6.07, 6.45) is 7.64. The molecule has 20 heavy (non-hydrogen) atoms. The van der Waals surface area contributed by atoms with Crippen molar-refractivity contribution in [1.82, 2.24) is 0 Å². The van der Waals surface area contributed by atoms with Crippen LogP contribution in [0.4, 0.5) is 0 Å². The average molecular weight is 289 g/mol. The highest BCUT2D eigenvalue weighted by molar-refractivity contribution is 6.73. The molecule has 0 aromatic heterocycles. The van der Waals surface area contributed by atoms with Gasteiger partial charge in [-0.1, -0.05) is 68.7 Å². The summed E-state index contributed by atoms with van der Waals surface area (Å²) in [4.78, 5) is 0. The van der Waals surface area contributed by atoms with Gasteiger partial charge in [-0.05, 0) is 37.0 Å². The van der Waals surface area contributed by atoms with Crippen LogP contribution in [0.15, 0.2) is 42.0 Å². The predicted molar refractivity (Wildman–Crippen MR) is 89.4 cm³/mol. The van der Waals surface area contributed by atoms with Gasteiger partial charge in [0.25, 0.3) is 0 Å². The Hall–Kier alpha value is -0.863. The minimum absolute atomic E-state index is 0.266. The molecule has 1 nitrogen and oxygen atoms in total. The quantitative estimate of drug-likeness (QED) is 0.383. The van der Waals surface area contributed by atoms with Crippen molar-refractivity contribution in [2.45, 2.75) is 64.3 Å². The lowest BCUT2D eigenvalue weighted by Gasteiger charge is -2.41. The molecule has 2 atom stereocenters. The Labute approximate surface area is 125 Å². The first-order valence-corrected chi connectivity index (χ1v) is 10.9. The van der Waals surface area contributed by atoms with Crippen molar-refractivity contribution >= 4 is 8.32 Å². The normalized spacial score (nSPS) is 27.7. The van der Waals surface area contributed by atoms with Gasteiger partial charge < -0.3 is 4.43 Å². The third kappa shape index (κ3) is 3.61. The number of benzene rings is 1. The Morgan fingerprint density at radius 3 is 2.60 bits per heavy atom. The van der Waals surface area contributed by atoms with Crippen LogP contribution in [0, 0.1) is 0 Å². The van der Waals surface area contributed by atoms with E-state index in [4.69, 9.17) is 4.43 Å². The van der Waals surface area contributed by atoms with E-state index in [2.05, 4.69) is 63.3 Å². The molecule has 0 radical (unpaired) electrons. The molecule has 1 aromatic carbocycles. The summed E-state index contributed by atoms with van der Waals surface area (Å²) in [5.41, 5.74) is 3.61. The SMILES string of the molecule is CCCC/C=C1\CC(c2ccccc2)O[Si](C)(C)C1C. The summed E-state index contributed by atoms with van der Waals surface area (Å²) in [5.74, 6) is 0. The lowest BCUT2D eigenvalue weighted by Crippen LogP contribution is -2.41. The van der Waals surface area contributed by atoms with Crippen molar-refractivity contribution in [3.8, 4) is 0 Å². The van der Waals surface area contributed by atoms with Crippen LogP contribution in [0.25, 0.3) is 0 Å². The highest BCUT2D eigenvalue weighted by atomic mass is 28.4. The van der Waals surface area contributed by atoms with Gasteiger partial charge in [0.2, 0.25) is 0 Å². The van der Waals surface area contributed by atoms with E-state index in [9.17, 15) is 0 Å². The maximum Gasteiger partial charge on any atom is 0.194 e. The van der Waals surface area contributed by atoms with E-state index in [1.54, 1.807) is 5.57 Å². The fraction of sp³-hybridized carbons (Fsp3) is 0.556. The van der Waals surface area contributed by atoms with Crippen LogP contribution in [-0.2, 0) is 4.43 Å². The van der Waals surface area contributed by atoms with E-state index in [0.717, 1.165) is 6.42 Å². The lowest BCUT2D eigenvalue weighted by molar-refractivity contribution is 0.174. The van der Waals surface area contributed by atoms with Gasteiger partial charge in [-0.25, -0.2) is 0 Å². The fourth-order valence-electron chi connectivity index (χ4n) is 2.95. The molecular formula is C18H28OSi. The maximum absolute atomic E-state index is 6.51. The van der Waals surface area contributed by atoms with E-state index in [-0.39, 0.29) is 6.10 Å². The van der Waals surface area contributed by atoms with Crippen molar-refractivity contribution < 1.29 is 4.43 Å². The van der Waals surface area contributed by atoms with Gasteiger partial charge in [-0.3, -0.25) is 0 Å². The summed E-state index contributed by atoms with van der Waals surface area (Å²) in [5, 5.41) is 0. The summed E-state index contributed by atoms with van der Waals surface area (Å²) >= 11 is 0. The van der Waals surface area contributed by atoms with E-state index in [1.807, 2.05) is 0 Å². The van der Waals surface area contributed by atoms with Gasteiger partial charge in [0.05, 0.1) is 6.10 Å². The number of hydrogen-bond acceptors (Lipinski definition) is 1. The van der Waals surface area contributed by atoms with Crippen LogP contribution in [0.5, 0.6) is 0 Å². The Morgan fingerprint density at radius 2 is 1.95 bits per heavy atom. The zero-order valence-electron chi connectivity index (χ0n) is 13.4. The molecule has 0 amide bonds. The standard InChI is InChI=1S/C18H28OSi/c1-5-6-8-13-17-14-18(16-11-9-7-10-12-16)19-20(3,4)15(17)2/h7,9-13,15,18H,5-6,8,14H2,1-4H3/b17-13+.